The number of aromatic nitrogens is 1. The Bertz CT molecular complexity index is 1090. The van der Waals surface area contributed by atoms with Gasteiger partial charge in [-0.1, -0.05) is 66.7 Å². The van der Waals surface area contributed by atoms with Gasteiger partial charge in [0.05, 0.1) is 18.3 Å². The molecule has 2 aromatic carbocycles. The lowest BCUT2D eigenvalue weighted by molar-refractivity contribution is -0.128. The lowest BCUT2D eigenvalue weighted by atomic mass is 10.0. The van der Waals surface area contributed by atoms with Crippen molar-refractivity contribution in [1.29, 1.82) is 0 Å². The quantitative estimate of drug-likeness (QED) is 0.348. The Balaban J connectivity index is 1.81. The third kappa shape index (κ3) is 8.35. The molecular formula is C27H31N5O3. The van der Waals surface area contributed by atoms with Crippen molar-refractivity contribution in [2.45, 2.75) is 31.3 Å². The number of nitrogens with one attached hydrogen (secondary N) is 1. The van der Waals surface area contributed by atoms with Crippen molar-refractivity contribution < 1.29 is 14.4 Å². The molecule has 1 heterocycles. The highest BCUT2D eigenvalue weighted by Gasteiger charge is 2.26. The Morgan fingerprint density at radius 3 is 1.97 bits per heavy atom. The molecule has 0 saturated heterocycles. The first-order valence-electron chi connectivity index (χ1n) is 11.5. The molecule has 35 heavy (non-hydrogen) atoms. The van der Waals surface area contributed by atoms with Crippen LogP contribution in [0.2, 0.25) is 0 Å². The van der Waals surface area contributed by atoms with Crippen LogP contribution in [0.25, 0.3) is 0 Å². The summed E-state index contributed by atoms with van der Waals surface area (Å²) >= 11 is 0. The van der Waals surface area contributed by atoms with Gasteiger partial charge in [-0.25, -0.2) is 0 Å². The number of hydrogen-bond acceptors (Lipinski definition) is 5. The second-order valence-electron chi connectivity index (χ2n) is 8.36. The van der Waals surface area contributed by atoms with Crippen molar-refractivity contribution in [1.82, 2.24) is 15.2 Å². The number of primary amides is 2. The molecule has 182 valence electrons. The van der Waals surface area contributed by atoms with Gasteiger partial charge in [-0.2, -0.15) is 0 Å². The minimum absolute atomic E-state index is 0.0556. The number of amides is 3. The van der Waals surface area contributed by atoms with Crippen LogP contribution >= 0.6 is 0 Å². The Hall–Kier alpha value is -4.04. The molecule has 5 N–H and O–H groups in total. The first-order valence-corrected chi connectivity index (χ1v) is 11.5. The van der Waals surface area contributed by atoms with Gasteiger partial charge in [0.2, 0.25) is 17.7 Å². The number of rotatable bonds is 13. The van der Waals surface area contributed by atoms with Crippen molar-refractivity contribution in [2.75, 3.05) is 13.1 Å². The van der Waals surface area contributed by atoms with Gasteiger partial charge in [-0.3, -0.25) is 24.3 Å². The summed E-state index contributed by atoms with van der Waals surface area (Å²) in [5.74, 6) is -1.45. The van der Waals surface area contributed by atoms with E-state index in [0.29, 0.717) is 6.42 Å². The summed E-state index contributed by atoms with van der Waals surface area (Å²) in [6, 6.07) is 23.7. The molecule has 2 unspecified atom stereocenters. The Morgan fingerprint density at radius 2 is 1.43 bits per heavy atom. The lowest BCUT2D eigenvalue weighted by Gasteiger charge is -2.31. The average molecular weight is 474 g/mol. The molecule has 3 amide bonds. The summed E-state index contributed by atoms with van der Waals surface area (Å²) in [7, 11) is 0. The minimum atomic E-state index is -0.856. The van der Waals surface area contributed by atoms with Gasteiger partial charge >= 0.3 is 0 Å². The molecule has 8 heteroatoms. The molecule has 0 radical (unpaired) electrons. The summed E-state index contributed by atoms with van der Waals surface area (Å²) in [6.45, 7) is 0.205. The molecule has 3 aromatic rings. The van der Waals surface area contributed by atoms with Crippen molar-refractivity contribution in [2.24, 2.45) is 11.5 Å². The standard InChI is InChI=1S/C27H31N5O3/c28-25(33)14-16-32(19-26(34)31-23(27(29)35)17-20-9-3-1-4-10-20)24(22-13-7-8-15-30-22)18-21-11-5-2-6-12-21/h1-13,15,23-24H,14,16-19H2,(H2,28,33)(H2,29,35)(H,31,34). The minimum Gasteiger partial charge on any atom is -0.370 e. The SMILES string of the molecule is NC(=O)CCN(CC(=O)NC(Cc1ccccc1)C(N)=O)C(Cc1ccccc1)c1ccccn1. The van der Waals surface area contributed by atoms with Gasteiger partial charge in [-0.15, -0.1) is 0 Å². The van der Waals surface area contributed by atoms with Crippen LogP contribution in [0, 0.1) is 0 Å². The highest BCUT2D eigenvalue weighted by molar-refractivity contribution is 5.87. The molecule has 1 aromatic heterocycles. The molecule has 0 saturated carbocycles. The highest BCUT2D eigenvalue weighted by atomic mass is 16.2. The smallest absolute Gasteiger partial charge is 0.240 e. The fraction of sp³-hybridized carbons (Fsp3) is 0.259. The number of nitrogens with zero attached hydrogens (tertiary/aromatic N) is 2. The number of hydrogen-bond donors (Lipinski definition) is 3. The zero-order chi connectivity index (χ0) is 25.0. The van der Waals surface area contributed by atoms with Gasteiger partial charge in [0.1, 0.15) is 6.04 Å². The highest BCUT2D eigenvalue weighted by Crippen LogP contribution is 2.24. The Morgan fingerprint density at radius 1 is 0.829 bits per heavy atom. The third-order valence-electron chi connectivity index (χ3n) is 5.70. The monoisotopic (exact) mass is 473 g/mol. The van der Waals surface area contributed by atoms with Gasteiger partial charge in [0.15, 0.2) is 0 Å². The molecule has 0 fully saturated rings. The van der Waals surface area contributed by atoms with E-state index < -0.39 is 17.9 Å². The zero-order valence-electron chi connectivity index (χ0n) is 19.5. The largest absolute Gasteiger partial charge is 0.370 e. The summed E-state index contributed by atoms with van der Waals surface area (Å²) in [5, 5.41) is 2.76. The maximum Gasteiger partial charge on any atom is 0.240 e. The first kappa shape index (κ1) is 25.6. The predicted molar refractivity (Wildman–Crippen MR) is 134 cm³/mol. The molecule has 8 nitrogen and oxygen atoms in total. The maximum atomic E-state index is 13.1. The van der Waals surface area contributed by atoms with E-state index in [1.165, 1.54) is 0 Å². The van der Waals surface area contributed by atoms with E-state index in [1.54, 1.807) is 6.20 Å². The van der Waals surface area contributed by atoms with E-state index in [2.05, 4.69) is 10.3 Å². The van der Waals surface area contributed by atoms with Crippen LogP contribution in [0.5, 0.6) is 0 Å². The lowest BCUT2D eigenvalue weighted by Crippen LogP contribution is -2.50. The van der Waals surface area contributed by atoms with Crippen molar-refractivity contribution in [3.63, 3.8) is 0 Å². The van der Waals surface area contributed by atoms with Crippen LogP contribution in [0.4, 0.5) is 0 Å². The second kappa shape index (κ2) is 13.0. The van der Waals surface area contributed by atoms with Gasteiger partial charge in [0.25, 0.3) is 0 Å². The number of pyridine rings is 1. The Labute approximate surface area is 205 Å². The molecule has 2 atom stereocenters. The number of nitrogens with two attached hydrogens (primary N) is 2. The van der Waals surface area contributed by atoms with Crippen LogP contribution in [-0.2, 0) is 27.2 Å². The summed E-state index contributed by atoms with van der Waals surface area (Å²) in [6.07, 6.45) is 2.64. The molecule has 0 aliphatic carbocycles. The fourth-order valence-electron chi connectivity index (χ4n) is 3.93. The van der Waals surface area contributed by atoms with Gasteiger partial charge in [0, 0.05) is 25.6 Å². The molecule has 0 aliphatic heterocycles. The van der Waals surface area contributed by atoms with E-state index in [4.69, 9.17) is 11.5 Å². The van der Waals surface area contributed by atoms with E-state index >= 15 is 0 Å². The van der Waals surface area contributed by atoms with E-state index in [-0.39, 0.29) is 37.9 Å². The summed E-state index contributed by atoms with van der Waals surface area (Å²) in [4.78, 5) is 43.1. The topological polar surface area (TPSA) is 131 Å². The number of carbonyl (C=O) groups is 3. The van der Waals surface area contributed by atoms with Gasteiger partial charge in [-0.05, 0) is 29.7 Å². The van der Waals surface area contributed by atoms with Crippen LogP contribution in [0.3, 0.4) is 0 Å². The number of carbonyl (C=O) groups excluding carboxylic acids is 3. The normalized spacial score (nSPS) is 12.6. The number of benzene rings is 2. The van der Waals surface area contributed by atoms with Crippen molar-refractivity contribution in [3.05, 3.63) is 102 Å². The Kier molecular flexibility index (Phi) is 9.50. The average Bonchev–Trinajstić information content (AvgIpc) is 2.86. The van der Waals surface area contributed by atoms with Crippen LogP contribution < -0.4 is 16.8 Å². The first-order chi connectivity index (χ1) is 16.9. The third-order valence-corrected chi connectivity index (χ3v) is 5.70. The second-order valence-corrected chi connectivity index (χ2v) is 8.36. The van der Waals surface area contributed by atoms with E-state index in [9.17, 15) is 14.4 Å². The van der Waals surface area contributed by atoms with Crippen LogP contribution in [-0.4, -0.2) is 46.7 Å². The maximum absolute atomic E-state index is 13.1. The predicted octanol–water partition coefficient (Wildman–Crippen LogP) is 1.76. The van der Waals surface area contributed by atoms with Crippen LogP contribution in [0.1, 0.15) is 29.3 Å². The fourth-order valence-corrected chi connectivity index (χ4v) is 3.93. The van der Waals surface area contributed by atoms with Crippen LogP contribution in [0.15, 0.2) is 85.1 Å². The summed E-state index contributed by atoms with van der Waals surface area (Å²) in [5.41, 5.74) is 13.7. The van der Waals surface area contributed by atoms with E-state index in [0.717, 1.165) is 16.8 Å². The molecule has 0 bridgehead atoms. The van der Waals surface area contributed by atoms with E-state index in [1.807, 2.05) is 83.8 Å². The zero-order valence-corrected chi connectivity index (χ0v) is 19.5. The molecule has 3 rings (SSSR count). The molecule has 0 spiro atoms. The molecular weight excluding hydrogens is 442 g/mol. The van der Waals surface area contributed by atoms with Gasteiger partial charge < -0.3 is 16.8 Å². The summed E-state index contributed by atoms with van der Waals surface area (Å²) < 4.78 is 0. The van der Waals surface area contributed by atoms with Crippen molar-refractivity contribution in [3.8, 4) is 0 Å². The van der Waals surface area contributed by atoms with Crippen molar-refractivity contribution >= 4 is 17.7 Å². The molecule has 0 aliphatic rings.